The molecule has 0 spiro atoms. The van der Waals surface area contributed by atoms with Crippen LogP contribution in [0.15, 0.2) is 47.1 Å². The van der Waals surface area contributed by atoms with E-state index in [9.17, 15) is 9.59 Å². The Bertz CT molecular complexity index is 761. The fraction of sp³-hybridized carbons (Fsp3) is 0.368. The molecule has 2 aromatic rings. The highest BCUT2D eigenvalue weighted by Gasteiger charge is 2.41. The number of rotatable bonds is 4. The first-order valence-electron chi connectivity index (χ1n) is 8.51. The lowest BCUT2D eigenvalue weighted by atomic mass is 9.80. The van der Waals surface area contributed by atoms with E-state index in [0.29, 0.717) is 18.5 Å². The number of hydrogen-bond donors (Lipinski definition) is 2. The first-order valence-corrected chi connectivity index (χ1v) is 9.30. The molecule has 0 bridgehead atoms. The lowest BCUT2D eigenvalue weighted by molar-refractivity contribution is -0.123. The monoisotopic (exact) mass is 403 g/mol. The molecule has 0 aliphatic heterocycles. The molecule has 1 aromatic heterocycles. The van der Waals surface area contributed by atoms with Crippen molar-refractivity contribution < 1.29 is 9.59 Å². The van der Waals surface area contributed by atoms with Crippen LogP contribution in [-0.2, 0) is 11.8 Å². The second kappa shape index (κ2) is 7.44. The van der Waals surface area contributed by atoms with Gasteiger partial charge in [0.1, 0.15) is 11.2 Å². The molecule has 1 saturated carbocycles. The van der Waals surface area contributed by atoms with E-state index in [1.54, 1.807) is 10.6 Å². The zero-order chi connectivity index (χ0) is 17.9. The Morgan fingerprint density at radius 3 is 2.36 bits per heavy atom. The molecule has 1 heterocycles. The zero-order valence-corrected chi connectivity index (χ0v) is 15.8. The van der Waals surface area contributed by atoms with Gasteiger partial charge >= 0.3 is 0 Å². The summed E-state index contributed by atoms with van der Waals surface area (Å²) in [5, 5.41) is 5.99. The van der Waals surface area contributed by atoms with Crippen molar-refractivity contribution in [2.75, 3.05) is 5.32 Å². The molecule has 25 heavy (non-hydrogen) atoms. The molecular weight excluding hydrogens is 382 g/mol. The molecule has 0 atom stereocenters. The number of aryl methyl sites for hydroxylation is 1. The second-order valence-corrected chi connectivity index (χ2v) is 7.48. The number of benzene rings is 1. The van der Waals surface area contributed by atoms with Gasteiger partial charge in [0.15, 0.2) is 0 Å². The van der Waals surface area contributed by atoms with Crippen molar-refractivity contribution in [3.8, 4) is 0 Å². The van der Waals surface area contributed by atoms with Crippen LogP contribution >= 0.6 is 15.9 Å². The minimum atomic E-state index is -0.854. The molecule has 6 heteroatoms. The molecule has 1 aliphatic carbocycles. The van der Waals surface area contributed by atoms with Crippen LogP contribution in [0.3, 0.4) is 0 Å². The highest BCUT2D eigenvalue weighted by atomic mass is 79.9. The van der Waals surface area contributed by atoms with Crippen molar-refractivity contribution in [2.24, 2.45) is 7.05 Å². The predicted molar refractivity (Wildman–Crippen MR) is 101 cm³/mol. The van der Waals surface area contributed by atoms with Gasteiger partial charge in [0.05, 0.1) is 0 Å². The van der Waals surface area contributed by atoms with Gasteiger partial charge in [0.2, 0.25) is 5.91 Å². The molecule has 132 valence electrons. The number of carbonyl (C=O) groups is 2. The average Bonchev–Trinajstić information content (AvgIpc) is 3.04. The van der Waals surface area contributed by atoms with Gasteiger partial charge in [-0.1, -0.05) is 35.2 Å². The molecule has 1 aliphatic rings. The number of amides is 2. The maximum Gasteiger partial charge on any atom is 0.268 e. The van der Waals surface area contributed by atoms with Crippen molar-refractivity contribution in [3.05, 3.63) is 52.8 Å². The van der Waals surface area contributed by atoms with Gasteiger partial charge in [-0.2, -0.15) is 0 Å². The summed E-state index contributed by atoms with van der Waals surface area (Å²) < 4.78 is 2.72. The standard InChI is InChI=1S/C19H22BrN3O2/c1-23-13-5-6-16(23)17(24)22-19(11-3-2-4-12-19)18(25)21-15-9-7-14(20)8-10-15/h5-10,13H,2-4,11-12H2,1H3,(H,21,25)(H,22,24). The molecule has 0 unspecified atom stereocenters. The largest absolute Gasteiger partial charge is 0.347 e. The smallest absolute Gasteiger partial charge is 0.268 e. The highest BCUT2D eigenvalue weighted by Crippen LogP contribution is 2.30. The maximum absolute atomic E-state index is 13.0. The summed E-state index contributed by atoms with van der Waals surface area (Å²) in [6, 6.07) is 11.0. The third-order valence-electron chi connectivity index (χ3n) is 4.77. The number of carbonyl (C=O) groups excluding carboxylic acids is 2. The van der Waals surface area contributed by atoms with Crippen LogP contribution in [0.5, 0.6) is 0 Å². The third kappa shape index (κ3) is 3.95. The van der Waals surface area contributed by atoms with Crippen molar-refractivity contribution in [3.63, 3.8) is 0 Å². The van der Waals surface area contributed by atoms with Crippen molar-refractivity contribution in [1.82, 2.24) is 9.88 Å². The summed E-state index contributed by atoms with van der Waals surface area (Å²) >= 11 is 3.39. The normalized spacial score (nSPS) is 16.2. The van der Waals surface area contributed by atoms with Gasteiger partial charge in [-0.3, -0.25) is 9.59 Å². The Kier molecular flexibility index (Phi) is 5.27. The summed E-state index contributed by atoms with van der Waals surface area (Å²) in [6.07, 6.45) is 6.09. The average molecular weight is 404 g/mol. The van der Waals surface area contributed by atoms with Crippen molar-refractivity contribution in [1.29, 1.82) is 0 Å². The predicted octanol–water partition coefficient (Wildman–Crippen LogP) is 3.86. The summed E-state index contributed by atoms with van der Waals surface area (Å²) in [7, 11) is 1.82. The maximum atomic E-state index is 13.0. The van der Waals surface area contributed by atoms with Crippen LogP contribution in [0.25, 0.3) is 0 Å². The number of nitrogens with zero attached hydrogens (tertiary/aromatic N) is 1. The van der Waals surface area contributed by atoms with Crippen molar-refractivity contribution in [2.45, 2.75) is 37.6 Å². The number of halogens is 1. The molecule has 0 radical (unpaired) electrons. The highest BCUT2D eigenvalue weighted by molar-refractivity contribution is 9.10. The lowest BCUT2D eigenvalue weighted by Gasteiger charge is -2.36. The van der Waals surface area contributed by atoms with Gasteiger partial charge < -0.3 is 15.2 Å². The van der Waals surface area contributed by atoms with Crippen LogP contribution in [0.4, 0.5) is 5.69 Å². The van der Waals surface area contributed by atoms with Crippen LogP contribution in [0.1, 0.15) is 42.6 Å². The summed E-state index contributed by atoms with van der Waals surface area (Å²) in [4.78, 5) is 25.7. The van der Waals surface area contributed by atoms with Crippen molar-refractivity contribution >= 4 is 33.4 Å². The first kappa shape index (κ1) is 17.7. The molecule has 2 N–H and O–H groups in total. The number of aromatic nitrogens is 1. The Hall–Kier alpha value is -2.08. The minimum absolute atomic E-state index is 0.142. The van der Waals surface area contributed by atoms with E-state index in [-0.39, 0.29) is 11.8 Å². The SMILES string of the molecule is Cn1cccc1C(=O)NC1(C(=O)Nc2ccc(Br)cc2)CCCCC1. The molecule has 1 aromatic carbocycles. The van der Waals surface area contributed by atoms with Gasteiger partial charge in [-0.15, -0.1) is 0 Å². The van der Waals surface area contributed by atoms with Crippen LogP contribution < -0.4 is 10.6 Å². The summed E-state index contributed by atoms with van der Waals surface area (Å²) in [5.41, 5.74) is 0.430. The molecule has 5 nitrogen and oxygen atoms in total. The second-order valence-electron chi connectivity index (χ2n) is 6.56. The Morgan fingerprint density at radius 1 is 1.08 bits per heavy atom. The summed E-state index contributed by atoms with van der Waals surface area (Å²) in [5.74, 6) is -0.350. The Balaban J connectivity index is 1.80. The van der Waals surface area contributed by atoms with E-state index in [2.05, 4.69) is 26.6 Å². The van der Waals surface area contributed by atoms with E-state index < -0.39 is 5.54 Å². The van der Waals surface area contributed by atoms with Gasteiger partial charge in [-0.25, -0.2) is 0 Å². The number of hydrogen-bond acceptors (Lipinski definition) is 2. The molecule has 2 amide bonds. The van der Waals surface area contributed by atoms with Gasteiger partial charge in [0, 0.05) is 23.4 Å². The lowest BCUT2D eigenvalue weighted by Crippen LogP contribution is -2.58. The van der Waals surface area contributed by atoms with Gasteiger partial charge in [-0.05, 0) is 49.2 Å². The Morgan fingerprint density at radius 2 is 1.76 bits per heavy atom. The van der Waals surface area contributed by atoms with E-state index in [1.807, 2.05) is 43.6 Å². The fourth-order valence-electron chi connectivity index (χ4n) is 3.33. The van der Waals surface area contributed by atoms with E-state index in [1.165, 1.54) is 0 Å². The van der Waals surface area contributed by atoms with E-state index in [4.69, 9.17) is 0 Å². The molecule has 3 rings (SSSR count). The zero-order valence-electron chi connectivity index (χ0n) is 14.2. The number of nitrogens with one attached hydrogen (secondary N) is 2. The van der Waals surface area contributed by atoms with E-state index in [0.717, 1.165) is 29.4 Å². The fourth-order valence-corrected chi connectivity index (χ4v) is 3.59. The molecule has 0 saturated heterocycles. The third-order valence-corrected chi connectivity index (χ3v) is 5.30. The van der Waals surface area contributed by atoms with E-state index >= 15 is 0 Å². The van der Waals surface area contributed by atoms with Crippen LogP contribution in [-0.4, -0.2) is 21.9 Å². The quantitative estimate of drug-likeness (QED) is 0.813. The Labute approximate surface area is 155 Å². The molecular formula is C19H22BrN3O2. The molecule has 1 fully saturated rings. The van der Waals surface area contributed by atoms with Gasteiger partial charge in [0.25, 0.3) is 5.91 Å². The summed E-state index contributed by atoms with van der Waals surface area (Å²) in [6.45, 7) is 0. The first-order chi connectivity index (χ1) is 12.0. The minimum Gasteiger partial charge on any atom is -0.347 e. The number of anilines is 1. The topological polar surface area (TPSA) is 63.1 Å². The van der Waals surface area contributed by atoms with Crippen LogP contribution in [0.2, 0.25) is 0 Å². The van der Waals surface area contributed by atoms with Crippen LogP contribution in [0, 0.1) is 0 Å².